The standard InChI is InChI=1S/C7H11N3O3S/c11-3-1-8-5(12)6(13)10-7-9-2-4-14-7/h11H,1-4H2,(H,8,12)(H,9,10,13). The number of aliphatic imine (C=N–C) groups is 1. The van der Waals surface area contributed by atoms with Crippen LogP contribution in [0.5, 0.6) is 0 Å². The average Bonchev–Trinajstić information content (AvgIpc) is 2.66. The maximum absolute atomic E-state index is 11.1. The van der Waals surface area contributed by atoms with Gasteiger partial charge in [-0.1, -0.05) is 11.8 Å². The van der Waals surface area contributed by atoms with Crippen LogP contribution in [0.4, 0.5) is 0 Å². The second kappa shape index (κ2) is 5.61. The Bertz CT molecular complexity index is 267. The highest BCUT2D eigenvalue weighted by Crippen LogP contribution is 2.08. The molecule has 78 valence electrons. The van der Waals surface area contributed by atoms with Gasteiger partial charge in [0.1, 0.15) is 0 Å². The first-order chi connectivity index (χ1) is 6.74. The second-order valence-electron chi connectivity index (χ2n) is 2.47. The van der Waals surface area contributed by atoms with Crippen LogP contribution in [-0.2, 0) is 9.59 Å². The van der Waals surface area contributed by atoms with Gasteiger partial charge in [-0.25, -0.2) is 0 Å². The minimum Gasteiger partial charge on any atom is -0.395 e. The molecule has 0 aromatic carbocycles. The molecule has 1 aliphatic heterocycles. The summed E-state index contributed by atoms with van der Waals surface area (Å²) in [6.07, 6.45) is 0. The van der Waals surface area contributed by atoms with Crippen molar-refractivity contribution >= 4 is 28.7 Å². The van der Waals surface area contributed by atoms with Gasteiger partial charge in [0, 0.05) is 12.3 Å². The minimum atomic E-state index is -0.755. The molecule has 0 saturated carbocycles. The third-order valence-electron chi connectivity index (χ3n) is 1.41. The molecule has 0 spiro atoms. The van der Waals surface area contributed by atoms with Gasteiger partial charge in [-0.3, -0.25) is 19.9 Å². The molecule has 6 nitrogen and oxygen atoms in total. The Balaban J connectivity index is 2.30. The lowest BCUT2D eigenvalue weighted by Gasteiger charge is -2.03. The SMILES string of the molecule is O=C(NCCO)C(=O)NC1=NCCS1. The summed E-state index contributed by atoms with van der Waals surface area (Å²) >= 11 is 1.40. The summed E-state index contributed by atoms with van der Waals surface area (Å²) in [6.45, 7) is 0.555. The van der Waals surface area contributed by atoms with Crippen LogP contribution in [-0.4, -0.2) is 47.5 Å². The van der Waals surface area contributed by atoms with Gasteiger partial charge in [-0.15, -0.1) is 0 Å². The number of carbonyl (C=O) groups is 2. The normalized spacial score (nSPS) is 14.8. The second-order valence-corrected chi connectivity index (χ2v) is 3.55. The summed E-state index contributed by atoms with van der Waals surface area (Å²) < 4.78 is 0. The molecule has 1 rings (SSSR count). The number of hydrogen-bond donors (Lipinski definition) is 3. The number of nitrogens with one attached hydrogen (secondary N) is 2. The van der Waals surface area contributed by atoms with E-state index in [2.05, 4.69) is 15.6 Å². The molecular weight excluding hydrogens is 206 g/mol. The van der Waals surface area contributed by atoms with Crippen LogP contribution in [0.3, 0.4) is 0 Å². The number of carbonyl (C=O) groups excluding carboxylic acids is 2. The Morgan fingerprint density at radius 2 is 2.29 bits per heavy atom. The molecule has 0 aliphatic carbocycles. The Labute approximate surface area is 85.2 Å². The fourth-order valence-corrected chi connectivity index (χ4v) is 1.54. The van der Waals surface area contributed by atoms with Crippen molar-refractivity contribution in [3.05, 3.63) is 0 Å². The van der Waals surface area contributed by atoms with Gasteiger partial charge in [-0.2, -0.15) is 0 Å². The van der Waals surface area contributed by atoms with Gasteiger partial charge in [0.05, 0.1) is 13.2 Å². The van der Waals surface area contributed by atoms with Crippen molar-refractivity contribution in [2.45, 2.75) is 0 Å². The van der Waals surface area contributed by atoms with Crippen molar-refractivity contribution in [1.29, 1.82) is 0 Å². The van der Waals surface area contributed by atoms with Gasteiger partial charge in [0.25, 0.3) is 0 Å². The van der Waals surface area contributed by atoms with E-state index in [1.54, 1.807) is 0 Å². The number of hydrogen-bond acceptors (Lipinski definition) is 5. The summed E-state index contributed by atoms with van der Waals surface area (Å²) in [4.78, 5) is 26.1. The van der Waals surface area contributed by atoms with Crippen molar-refractivity contribution in [2.75, 3.05) is 25.4 Å². The number of amides is 2. The molecule has 0 fully saturated rings. The van der Waals surface area contributed by atoms with Gasteiger partial charge in [0.15, 0.2) is 5.17 Å². The van der Waals surface area contributed by atoms with E-state index in [-0.39, 0.29) is 13.2 Å². The third-order valence-corrected chi connectivity index (χ3v) is 2.30. The number of aliphatic hydroxyl groups excluding tert-OH is 1. The van der Waals surface area contributed by atoms with Crippen molar-refractivity contribution in [3.63, 3.8) is 0 Å². The molecule has 14 heavy (non-hydrogen) atoms. The molecule has 0 aromatic rings. The molecule has 0 aromatic heterocycles. The van der Waals surface area contributed by atoms with Crippen LogP contribution in [0.2, 0.25) is 0 Å². The van der Waals surface area contributed by atoms with Gasteiger partial charge >= 0.3 is 11.8 Å². The molecule has 0 saturated heterocycles. The van der Waals surface area contributed by atoms with E-state index in [1.165, 1.54) is 11.8 Å². The van der Waals surface area contributed by atoms with E-state index in [9.17, 15) is 9.59 Å². The molecule has 2 amide bonds. The fraction of sp³-hybridized carbons (Fsp3) is 0.571. The third kappa shape index (κ3) is 3.35. The zero-order valence-electron chi connectivity index (χ0n) is 7.45. The first-order valence-electron chi connectivity index (χ1n) is 4.11. The van der Waals surface area contributed by atoms with Crippen LogP contribution in [0.15, 0.2) is 4.99 Å². The summed E-state index contributed by atoms with van der Waals surface area (Å²) in [5, 5.41) is 13.5. The van der Waals surface area contributed by atoms with Crippen molar-refractivity contribution in [3.8, 4) is 0 Å². The highest BCUT2D eigenvalue weighted by molar-refractivity contribution is 8.14. The van der Waals surface area contributed by atoms with Crippen LogP contribution < -0.4 is 10.6 Å². The molecule has 0 bridgehead atoms. The summed E-state index contributed by atoms with van der Waals surface area (Å²) in [7, 11) is 0. The number of nitrogens with zero attached hydrogens (tertiary/aromatic N) is 1. The van der Waals surface area contributed by atoms with Crippen LogP contribution in [0, 0.1) is 0 Å². The lowest BCUT2D eigenvalue weighted by molar-refractivity contribution is -0.138. The summed E-state index contributed by atoms with van der Waals surface area (Å²) in [5.41, 5.74) is 0. The van der Waals surface area contributed by atoms with Crippen LogP contribution in [0.25, 0.3) is 0 Å². The number of thioether (sulfide) groups is 1. The maximum atomic E-state index is 11.1. The Hall–Kier alpha value is -1.08. The first-order valence-corrected chi connectivity index (χ1v) is 5.10. The predicted molar refractivity (Wildman–Crippen MR) is 53.0 cm³/mol. The molecular formula is C7H11N3O3S. The Kier molecular flexibility index (Phi) is 4.41. The maximum Gasteiger partial charge on any atom is 0.315 e. The first kappa shape index (κ1) is 11.0. The number of rotatable bonds is 2. The average molecular weight is 217 g/mol. The van der Waals surface area contributed by atoms with Gasteiger partial charge in [0.2, 0.25) is 0 Å². The van der Waals surface area contributed by atoms with E-state index in [4.69, 9.17) is 5.11 Å². The fourth-order valence-electron chi connectivity index (χ4n) is 0.814. The zero-order chi connectivity index (χ0) is 10.4. The highest BCUT2D eigenvalue weighted by atomic mass is 32.2. The van der Waals surface area contributed by atoms with Gasteiger partial charge < -0.3 is 10.4 Å². The van der Waals surface area contributed by atoms with Crippen LogP contribution in [0.1, 0.15) is 0 Å². The topological polar surface area (TPSA) is 90.8 Å². The number of aliphatic hydroxyl groups is 1. The molecule has 3 N–H and O–H groups in total. The molecule has 0 unspecified atom stereocenters. The van der Waals surface area contributed by atoms with Crippen LogP contribution >= 0.6 is 11.8 Å². The summed E-state index contributed by atoms with van der Waals surface area (Å²) in [6, 6.07) is 0. The summed E-state index contributed by atoms with van der Waals surface area (Å²) in [5.74, 6) is -0.672. The molecule has 0 radical (unpaired) electrons. The van der Waals surface area contributed by atoms with Crippen molar-refractivity contribution in [2.24, 2.45) is 4.99 Å². The zero-order valence-corrected chi connectivity index (χ0v) is 8.26. The molecule has 7 heteroatoms. The minimum absolute atomic E-state index is 0.0753. The van der Waals surface area contributed by atoms with Crippen molar-refractivity contribution < 1.29 is 14.7 Å². The molecule has 1 aliphatic rings. The lowest BCUT2D eigenvalue weighted by Crippen LogP contribution is -2.42. The van der Waals surface area contributed by atoms with E-state index in [1.807, 2.05) is 0 Å². The molecule has 0 atom stereocenters. The van der Waals surface area contributed by atoms with E-state index in [0.29, 0.717) is 11.7 Å². The largest absolute Gasteiger partial charge is 0.395 e. The van der Waals surface area contributed by atoms with E-state index < -0.39 is 11.8 Å². The lowest BCUT2D eigenvalue weighted by atomic mass is 10.5. The van der Waals surface area contributed by atoms with Crippen molar-refractivity contribution in [1.82, 2.24) is 10.6 Å². The smallest absolute Gasteiger partial charge is 0.315 e. The monoisotopic (exact) mass is 217 g/mol. The predicted octanol–water partition coefficient (Wildman–Crippen LogP) is -1.69. The Morgan fingerprint density at radius 1 is 1.50 bits per heavy atom. The van der Waals surface area contributed by atoms with E-state index >= 15 is 0 Å². The van der Waals surface area contributed by atoms with Gasteiger partial charge in [-0.05, 0) is 0 Å². The number of amidine groups is 1. The highest BCUT2D eigenvalue weighted by Gasteiger charge is 2.16. The quantitative estimate of drug-likeness (QED) is 0.481. The van der Waals surface area contributed by atoms with E-state index in [0.717, 1.165) is 5.75 Å². The Morgan fingerprint density at radius 3 is 2.86 bits per heavy atom. The molecule has 1 heterocycles.